The molecule has 6 nitrogen and oxygen atoms in total. The van der Waals surface area contributed by atoms with E-state index in [9.17, 15) is 9.18 Å². The van der Waals surface area contributed by atoms with Crippen molar-refractivity contribution in [3.63, 3.8) is 0 Å². The molecule has 2 aromatic carbocycles. The number of amides is 1. The number of rotatable bonds is 8. The fourth-order valence-electron chi connectivity index (χ4n) is 2.44. The molecule has 1 aromatic heterocycles. The van der Waals surface area contributed by atoms with Gasteiger partial charge in [-0.15, -0.1) is 10.2 Å². The minimum Gasteiger partial charge on any atom is -0.493 e. The third kappa shape index (κ3) is 5.55. The molecule has 0 aliphatic carbocycles. The van der Waals surface area contributed by atoms with Gasteiger partial charge in [0.1, 0.15) is 5.82 Å². The lowest BCUT2D eigenvalue weighted by Crippen LogP contribution is -2.11. The fourth-order valence-corrected chi connectivity index (χ4v) is 3.37. The number of nitrogens with zero attached hydrogens (tertiary/aromatic N) is 2. The summed E-state index contributed by atoms with van der Waals surface area (Å²) in [7, 11) is 1.57. The first-order chi connectivity index (χ1) is 14.5. The van der Waals surface area contributed by atoms with Crippen LogP contribution < -0.4 is 14.8 Å². The maximum atomic E-state index is 13.0. The van der Waals surface area contributed by atoms with Gasteiger partial charge in [0.25, 0.3) is 5.91 Å². The second-order valence-corrected chi connectivity index (χ2v) is 7.51. The molecule has 0 radical (unpaired) electrons. The van der Waals surface area contributed by atoms with Crippen LogP contribution in [-0.4, -0.2) is 29.8 Å². The van der Waals surface area contributed by atoms with Crippen LogP contribution in [0.1, 0.15) is 33.7 Å². The molecule has 30 heavy (non-hydrogen) atoms. The Morgan fingerprint density at radius 1 is 1.17 bits per heavy atom. The van der Waals surface area contributed by atoms with Crippen molar-refractivity contribution in [2.45, 2.75) is 13.3 Å². The molecule has 0 spiro atoms. The Labute approximate surface area is 182 Å². The topological polar surface area (TPSA) is 73.3 Å². The Hall–Kier alpha value is -2.97. The number of carbonyl (C=O) groups excluding carboxylic acids is 1. The highest BCUT2D eigenvalue weighted by atomic mass is 35.5. The number of hydrogen-bond donors (Lipinski definition) is 1. The van der Waals surface area contributed by atoms with Gasteiger partial charge in [0.2, 0.25) is 5.01 Å². The van der Waals surface area contributed by atoms with Gasteiger partial charge in [0.15, 0.2) is 16.5 Å². The van der Waals surface area contributed by atoms with Gasteiger partial charge >= 0.3 is 0 Å². The number of methoxy groups -OCH3 is 1. The first kappa shape index (κ1) is 21.7. The van der Waals surface area contributed by atoms with E-state index in [-0.39, 0.29) is 10.8 Å². The predicted molar refractivity (Wildman–Crippen MR) is 117 cm³/mol. The summed E-state index contributed by atoms with van der Waals surface area (Å²) in [5, 5.41) is 11.4. The number of halogens is 2. The maximum Gasteiger partial charge on any atom is 0.286 e. The molecular formula is C21H19ClFN3O3S. The van der Waals surface area contributed by atoms with Crippen LogP contribution in [-0.2, 0) is 0 Å². The van der Waals surface area contributed by atoms with Gasteiger partial charge in [-0.05, 0) is 54.5 Å². The van der Waals surface area contributed by atoms with Crippen LogP contribution in [0.15, 0.2) is 42.5 Å². The van der Waals surface area contributed by atoms with E-state index >= 15 is 0 Å². The van der Waals surface area contributed by atoms with E-state index in [0.29, 0.717) is 33.8 Å². The van der Waals surface area contributed by atoms with Crippen molar-refractivity contribution < 1.29 is 18.7 Å². The predicted octanol–water partition coefficient (Wildman–Crippen LogP) is 5.46. The largest absolute Gasteiger partial charge is 0.493 e. The summed E-state index contributed by atoms with van der Waals surface area (Å²) >= 11 is 7.43. The molecule has 0 aliphatic heterocycles. The Morgan fingerprint density at radius 2 is 1.90 bits per heavy atom. The Bertz CT molecular complexity index is 1050. The minimum atomic E-state index is -0.450. The van der Waals surface area contributed by atoms with Crippen LogP contribution >= 0.6 is 22.9 Å². The van der Waals surface area contributed by atoms with E-state index in [1.54, 1.807) is 19.3 Å². The standard InChI is InChI=1S/C21H19ClFN3O3S/c1-3-10-29-17-9-4-13(12-18(17)28-2)11-16(22)20-25-26-21(30-20)19(27)24-15-7-5-14(23)6-8-15/h4-9,11-12H,3,10H2,1-2H3,(H,24,27)/b16-11-. The molecule has 1 heterocycles. The Morgan fingerprint density at radius 3 is 2.60 bits per heavy atom. The molecule has 0 saturated heterocycles. The van der Waals surface area contributed by atoms with Crippen LogP contribution in [0.2, 0.25) is 0 Å². The summed E-state index contributed by atoms with van der Waals surface area (Å²) in [6, 6.07) is 10.9. The van der Waals surface area contributed by atoms with Gasteiger partial charge in [-0.2, -0.15) is 0 Å². The van der Waals surface area contributed by atoms with Crippen molar-refractivity contribution in [3.8, 4) is 11.5 Å². The van der Waals surface area contributed by atoms with Crippen LogP contribution in [0.4, 0.5) is 10.1 Å². The van der Waals surface area contributed by atoms with Crippen LogP contribution in [0.25, 0.3) is 11.1 Å². The highest BCUT2D eigenvalue weighted by Gasteiger charge is 2.15. The van der Waals surface area contributed by atoms with Crippen molar-refractivity contribution in [1.82, 2.24) is 10.2 Å². The molecule has 0 saturated carbocycles. The molecule has 1 amide bonds. The van der Waals surface area contributed by atoms with E-state index in [1.165, 1.54) is 24.3 Å². The lowest BCUT2D eigenvalue weighted by molar-refractivity contribution is 0.102. The summed E-state index contributed by atoms with van der Waals surface area (Å²) in [4.78, 5) is 12.3. The molecule has 9 heteroatoms. The molecule has 156 valence electrons. The summed E-state index contributed by atoms with van der Waals surface area (Å²) in [6.07, 6.45) is 2.60. The fraction of sp³-hybridized carbons (Fsp3) is 0.190. The molecule has 0 atom stereocenters. The highest BCUT2D eigenvalue weighted by Crippen LogP contribution is 2.31. The SMILES string of the molecule is CCCOc1ccc(/C=C(\Cl)c2nnc(C(=O)Nc3ccc(F)cc3)s2)cc1OC. The molecule has 3 rings (SSSR count). The van der Waals surface area contributed by atoms with Gasteiger partial charge in [-0.3, -0.25) is 4.79 Å². The smallest absolute Gasteiger partial charge is 0.286 e. The molecule has 3 aromatic rings. The third-order valence-electron chi connectivity index (χ3n) is 3.87. The van der Waals surface area contributed by atoms with Crippen molar-refractivity contribution in [2.24, 2.45) is 0 Å². The van der Waals surface area contributed by atoms with E-state index in [1.807, 2.05) is 19.1 Å². The number of benzene rings is 2. The average molecular weight is 448 g/mol. The van der Waals surface area contributed by atoms with E-state index in [0.717, 1.165) is 23.3 Å². The van der Waals surface area contributed by atoms with Gasteiger partial charge in [-0.1, -0.05) is 35.9 Å². The molecule has 1 N–H and O–H groups in total. The second-order valence-electron chi connectivity index (χ2n) is 6.12. The van der Waals surface area contributed by atoms with Crippen LogP contribution in [0, 0.1) is 5.82 Å². The van der Waals surface area contributed by atoms with Gasteiger partial charge in [0.05, 0.1) is 18.7 Å². The van der Waals surface area contributed by atoms with Gasteiger partial charge in [-0.25, -0.2) is 4.39 Å². The number of nitrogens with one attached hydrogen (secondary N) is 1. The number of carbonyl (C=O) groups is 1. The first-order valence-electron chi connectivity index (χ1n) is 9.09. The van der Waals surface area contributed by atoms with Gasteiger partial charge < -0.3 is 14.8 Å². The lowest BCUT2D eigenvalue weighted by atomic mass is 10.2. The Kier molecular flexibility index (Phi) is 7.37. The number of ether oxygens (including phenoxy) is 2. The monoisotopic (exact) mass is 447 g/mol. The van der Waals surface area contributed by atoms with Crippen molar-refractivity contribution in [2.75, 3.05) is 19.0 Å². The van der Waals surface area contributed by atoms with Crippen molar-refractivity contribution >= 4 is 45.6 Å². The van der Waals surface area contributed by atoms with E-state index < -0.39 is 5.91 Å². The second kappa shape index (κ2) is 10.2. The van der Waals surface area contributed by atoms with Crippen molar-refractivity contribution in [3.05, 3.63) is 63.9 Å². The quantitative estimate of drug-likeness (QED) is 0.496. The maximum absolute atomic E-state index is 13.0. The van der Waals surface area contributed by atoms with Crippen LogP contribution in [0.5, 0.6) is 11.5 Å². The van der Waals surface area contributed by atoms with E-state index in [4.69, 9.17) is 21.1 Å². The zero-order chi connectivity index (χ0) is 21.5. The average Bonchev–Trinajstić information content (AvgIpc) is 3.25. The van der Waals surface area contributed by atoms with Crippen LogP contribution in [0.3, 0.4) is 0 Å². The first-order valence-corrected chi connectivity index (χ1v) is 10.3. The molecule has 0 fully saturated rings. The zero-order valence-corrected chi connectivity index (χ0v) is 17.9. The minimum absolute atomic E-state index is 0.141. The Balaban J connectivity index is 1.73. The van der Waals surface area contributed by atoms with Gasteiger partial charge in [0, 0.05) is 5.69 Å². The number of hydrogen-bond acceptors (Lipinski definition) is 6. The summed E-state index contributed by atoms with van der Waals surface area (Å²) in [5.74, 6) is 0.417. The highest BCUT2D eigenvalue weighted by molar-refractivity contribution is 7.15. The molecule has 0 bridgehead atoms. The van der Waals surface area contributed by atoms with E-state index in [2.05, 4.69) is 15.5 Å². The zero-order valence-electron chi connectivity index (χ0n) is 16.3. The number of anilines is 1. The summed E-state index contributed by atoms with van der Waals surface area (Å²) < 4.78 is 24.0. The summed E-state index contributed by atoms with van der Waals surface area (Å²) in [6.45, 7) is 2.62. The van der Waals surface area contributed by atoms with Crippen molar-refractivity contribution in [1.29, 1.82) is 0 Å². The third-order valence-corrected chi connectivity index (χ3v) is 5.22. The molecular weight excluding hydrogens is 429 g/mol. The summed E-state index contributed by atoms with van der Waals surface area (Å²) in [5.41, 5.74) is 1.24. The number of aromatic nitrogens is 2. The molecule has 0 aliphatic rings. The normalized spacial score (nSPS) is 11.3. The lowest BCUT2D eigenvalue weighted by Gasteiger charge is -2.10. The molecule has 0 unspecified atom stereocenters.